The third-order valence-corrected chi connectivity index (χ3v) is 3.31. The van der Waals surface area contributed by atoms with Crippen LogP contribution in [0.3, 0.4) is 0 Å². The van der Waals surface area contributed by atoms with Crippen LogP contribution in [0.5, 0.6) is 0 Å². The van der Waals surface area contributed by atoms with Gasteiger partial charge in [0, 0.05) is 13.1 Å². The summed E-state index contributed by atoms with van der Waals surface area (Å²) in [7, 11) is 0. The molecule has 0 saturated carbocycles. The van der Waals surface area contributed by atoms with Crippen molar-refractivity contribution in [1.82, 2.24) is 10.2 Å². The Morgan fingerprint density at radius 3 is 2.44 bits per heavy atom. The van der Waals surface area contributed by atoms with Gasteiger partial charge in [-0.05, 0) is 30.4 Å². The molecule has 0 aromatic carbocycles. The highest BCUT2D eigenvalue weighted by Gasteiger charge is 2.22. The van der Waals surface area contributed by atoms with Crippen molar-refractivity contribution in [2.75, 3.05) is 18.0 Å². The molecule has 88 valence electrons. The lowest BCUT2D eigenvalue weighted by Gasteiger charge is -2.35. The van der Waals surface area contributed by atoms with Crippen molar-refractivity contribution in [1.29, 1.82) is 0 Å². The summed E-state index contributed by atoms with van der Waals surface area (Å²) in [6, 6.07) is 3.98. The smallest absolute Gasteiger partial charge is 0.151 e. The van der Waals surface area contributed by atoms with Gasteiger partial charge < -0.3 is 4.90 Å². The molecule has 1 saturated heterocycles. The molecule has 1 aliphatic heterocycles. The van der Waals surface area contributed by atoms with Crippen LogP contribution in [0.2, 0.25) is 0 Å². The molecule has 0 N–H and O–H groups in total. The second-order valence-electron chi connectivity index (χ2n) is 4.87. The summed E-state index contributed by atoms with van der Waals surface area (Å²) < 4.78 is 0. The quantitative estimate of drug-likeness (QED) is 0.744. The minimum atomic E-state index is 0.431. The Labute approximate surface area is 102 Å². The zero-order chi connectivity index (χ0) is 11.5. The van der Waals surface area contributed by atoms with E-state index in [0.29, 0.717) is 5.88 Å². The molecule has 1 aromatic heterocycles. The fraction of sp³-hybridized carbons (Fsp3) is 0.667. The normalized spacial score (nSPS) is 25.8. The van der Waals surface area contributed by atoms with Crippen LogP contribution in [0.1, 0.15) is 26.0 Å². The van der Waals surface area contributed by atoms with Crippen LogP contribution in [0, 0.1) is 11.8 Å². The molecule has 0 bridgehead atoms. The number of nitrogens with zero attached hydrogens (tertiary/aromatic N) is 3. The molecule has 2 unspecified atom stereocenters. The van der Waals surface area contributed by atoms with E-state index in [0.717, 1.165) is 36.4 Å². The summed E-state index contributed by atoms with van der Waals surface area (Å²) >= 11 is 5.70. The van der Waals surface area contributed by atoms with Crippen LogP contribution < -0.4 is 4.90 Å². The van der Waals surface area contributed by atoms with Gasteiger partial charge >= 0.3 is 0 Å². The van der Waals surface area contributed by atoms with Gasteiger partial charge in [-0.2, -0.15) is 5.10 Å². The number of hydrogen-bond donors (Lipinski definition) is 0. The Balaban J connectivity index is 2.10. The summed E-state index contributed by atoms with van der Waals surface area (Å²) in [4.78, 5) is 2.32. The lowest BCUT2D eigenvalue weighted by molar-refractivity contribution is 0.355. The monoisotopic (exact) mass is 239 g/mol. The molecular formula is C12H18ClN3. The summed E-state index contributed by atoms with van der Waals surface area (Å²) in [5.41, 5.74) is 0.837. The SMILES string of the molecule is CC1CC(C)CN(c2ccc(CCl)nn2)C1. The molecule has 0 radical (unpaired) electrons. The van der Waals surface area contributed by atoms with E-state index in [-0.39, 0.29) is 0 Å². The average Bonchev–Trinajstić information content (AvgIpc) is 2.28. The van der Waals surface area contributed by atoms with E-state index in [9.17, 15) is 0 Å². The van der Waals surface area contributed by atoms with E-state index in [4.69, 9.17) is 11.6 Å². The molecule has 2 atom stereocenters. The fourth-order valence-corrected chi connectivity index (χ4v) is 2.59. The van der Waals surface area contributed by atoms with E-state index in [1.165, 1.54) is 6.42 Å². The van der Waals surface area contributed by atoms with Crippen molar-refractivity contribution in [3.05, 3.63) is 17.8 Å². The summed E-state index contributed by atoms with van der Waals surface area (Å²) in [5.74, 6) is 2.88. The topological polar surface area (TPSA) is 29.0 Å². The van der Waals surface area contributed by atoms with Crippen LogP contribution in [0.15, 0.2) is 12.1 Å². The van der Waals surface area contributed by atoms with Crippen molar-refractivity contribution in [3.8, 4) is 0 Å². The van der Waals surface area contributed by atoms with E-state index >= 15 is 0 Å². The highest BCUT2D eigenvalue weighted by molar-refractivity contribution is 6.16. The van der Waals surface area contributed by atoms with Crippen LogP contribution >= 0.6 is 11.6 Å². The van der Waals surface area contributed by atoms with Gasteiger partial charge in [0.15, 0.2) is 5.82 Å². The third kappa shape index (κ3) is 2.64. The Morgan fingerprint density at radius 1 is 1.25 bits per heavy atom. The Bertz CT molecular complexity index is 329. The van der Waals surface area contributed by atoms with Gasteiger partial charge in [-0.15, -0.1) is 16.7 Å². The van der Waals surface area contributed by atoms with Crippen molar-refractivity contribution in [2.45, 2.75) is 26.1 Å². The Morgan fingerprint density at radius 2 is 1.94 bits per heavy atom. The molecule has 1 aromatic rings. The largest absolute Gasteiger partial charge is 0.355 e. The van der Waals surface area contributed by atoms with Crippen LogP contribution in [-0.2, 0) is 5.88 Å². The number of rotatable bonds is 2. The first-order valence-corrected chi connectivity index (χ1v) is 6.36. The predicted octanol–water partition coefficient (Wildman–Crippen LogP) is 2.70. The van der Waals surface area contributed by atoms with Crippen molar-refractivity contribution >= 4 is 17.4 Å². The van der Waals surface area contributed by atoms with Gasteiger partial charge in [0.25, 0.3) is 0 Å². The summed E-state index contributed by atoms with van der Waals surface area (Å²) in [5, 5.41) is 8.33. The molecule has 2 heterocycles. The van der Waals surface area contributed by atoms with Gasteiger partial charge in [0.2, 0.25) is 0 Å². The molecule has 3 nitrogen and oxygen atoms in total. The Hall–Kier alpha value is -0.830. The molecular weight excluding hydrogens is 222 g/mol. The lowest BCUT2D eigenvalue weighted by Crippen LogP contribution is -2.39. The zero-order valence-corrected chi connectivity index (χ0v) is 10.6. The minimum Gasteiger partial charge on any atom is -0.355 e. The molecule has 2 rings (SSSR count). The second-order valence-corrected chi connectivity index (χ2v) is 5.13. The second kappa shape index (κ2) is 5.00. The maximum atomic E-state index is 5.70. The van der Waals surface area contributed by atoms with E-state index in [2.05, 4.69) is 28.9 Å². The average molecular weight is 240 g/mol. The van der Waals surface area contributed by atoms with Crippen molar-refractivity contribution in [3.63, 3.8) is 0 Å². The molecule has 1 fully saturated rings. The van der Waals surface area contributed by atoms with Crippen LogP contribution in [0.4, 0.5) is 5.82 Å². The number of halogens is 1. The van der Waals surface area contributed by atoms with Crippen molar-refractivity contribution < 1.29 is 0 Å². The Kier molecular flexibility index (Phi) is 3.64. The zero-order valence-electron chi connectivity index (χ0n) is 9.86. The summed E-state index contributed by atoms with van der Waals surface area (Å²) in [6.45, 7) is 6.75. The third-order valence-electron chi connectivity index (χ3n) is 3.04. The highest BCUT2D eigenvalue weighted by Crippen LogP contribution is 2.24. The highest BCUT2D eigenvalue weighted by atomic mass is 35.5. The van der Waals surface area contributed by atoms with Gasteiger partial charge in [0.1, 0.15) is 0 Å². The van der Waals surface area contributed by atoms with Gasteiger partial charge in [0.05, 0.1) is 11.6 Å². The number of piperidine rings is 1. The number of hydrogen-bond acceptors (Lipinski definition) is 3. The first-order valence-electron chi connectivity index (χ1n) is 5.82. The maximum Gasteiger partial charge on any atom is 0.151 e. The molecule has 0 aliphatic carbocycles. The maximum absolute atomic E-state index is 5.70. The van der Waals surface area contributed by atoms with E-state index in [1.54, 1.807) is 0 Å². The van der Waals surface area contributed by atoms with Crippen molar-refractivity contribution in [2.24, 2.45) is 11.8 Å². The number of aromatic nitrogens is 2. The standard InChI is InChI=1S/C12H18ClN3/c1-9-5-10(2)8-16(7-9)12-4-3-11(6-13)14-15-12/h3-4,9-10H,5-8H2,1-2H3. The lowest BCUT2D eigenvalue weighted by atomic mass is 9.92. The minimum absolute atomic E-state index is 0.431. The van der Waals surface area contributed by atoms with Gasteiger partial charge in [-0.25, -0.2) is 0 Å². The molecule has 1 aliphatic rings. The fourth-order valence-electron chi connectivity index (χ4n) is 2.44. The van der Waals surface area contributed by atoms with Crippen LogP contribution in [-0.4, -0.2) is 23.3 Å². The number of alkyl halides is 1. The first kappa shape index (κ1) is 11.6. The van der Waals surface area contributed by atoms with Gasteiger partial charge in [-0.1, -0.05) is 13.8 Å². The van der Waals surface area contributed by atoms with E-state index < -0.39 is 0 Å². The summed E-state index contributed by atoms with van der Waals surface area (Å²) in [6.07, 6.45) is 1.31. The number of anilines is 1. The molecule has 16 heavy (non-hydrogen) atoms. The van der Waals surface area contributed by atoms with Crippen LogP contribution in [0.25, 0.3) is 0 Å². The molecule has 0 amide bonds. The first-order chi connectivity index (χ1) is 7.69. The van der Waals surface area contributed by atoms with Gasteiger partial charge in [-0.3, -0.25) is 0 Å². The predicted molar refractivity (Wildman–Crippen MR) is 66.7 cm³/mol. The molecule has 0 spiro atoms. The molecule has 4 heteroatoms. The van der Waals surface area contributed by atoms with E-state index in [1.807, 2.05) is 12.1 Å².